The normalized spacial score (nSPS) is 14.5. The van der Waals surface area contributed by atoms with Crippen LogP contribution in [-0.4, -0.2) is 25.0 Å². The molecule has 3 nitrogen and oxygen atoms in total. The van der Waals surface area contributed by atoms with E-state index in [1.54, 1.807) is 6.92 Å². The zero-order chi connectivity index (χ0) is 9.52. The summed E-state index contributed by atoms with van der Waals surface area (Å²) in [5.41, 5.74) is 0. The Balaban J connectivity index is 1.92. The van der Waals surface area contributed by atoms with E-state index in [1.807, 2.05) is 0 Å². The van der Waals surface area contributed by atoms with E-state index in [9.17, 15) is 4.79 Å². The summed E-state index contributed by atoms with van der Waals surface area (Å²) in [5.74, 6) is 5.59. The van der Waals surface area contributed by atoms with Crippen molar-refractivity contribution in [3.05, 3.63) is 0 Å². The van der Waals surface area contributed by atoms with Crippen LogP contribution in [0.3, 0.4) is 0 Å². The van der Waals surface area contributed by atoms with Crippen LogP contribution < -0.4 is 10.6 Å². The zero-order valence-corrected chi connectivity index (χ0v) is 8.02. The van der Waals surface area contributed by atoms with Crippen molar-refractivity contribution in [3.8, 4) is 11.8 Å². The average Bonchev–Trinajstić information content (AvgIpc) is 2.89. The zero-order valence-electron chi connectivity index (χ0n) is 8.02. The molecule has 0 unspecified atom stereocenters. The summed E-state index contributed by atoms with van der Waals surface area (Å²) in [6.07, 6.45) is 3.09. The predicted octanol–water partition coefficient (Wildman–Crippen LogP) is 0.268. The van der Waals surface area contributed by atoms with Gasteiger partial charge in [-0.25, -0.2) is 0 Å². The van der Waals surface area contributed by atoms with E-state index in [2.05, 4.69) is 22.5 Å². The van der Waals surface area contributed by atoms with Gasteiger partial charge in [0.2, 0.25) is 5.91 Å². The number of nitrogens with one attached hydrogen (secondary N) is 2. The van der Waals surface area contributed by atoms with Crippen LogP contribution in [0.25, 0.3) is 0 Å². The Labute approximate surface area is 79.3 Å². The fraction of sp³-hybridized carbons (Fsp3) is 0.700. The average molecular weight is 180 g/mol. The minimum Gasteiger partial charge on any atom is -0.345 e. The molecule has 1 saturated carbocycles. The highest BCUT2D eigenvalue weighted by Gasteiger charge is 2.19. The number of amides is 1. The first-order valence-electron chi connectivity index (χ1n) is 4.72. The molecule has 0 heterocycles. The summed E-state index contributed by atoms with van der Waals surface area (Å²) in [6.45, 7) is 3.02. The van der Waals surface area contributed by atoms with Gasteiger partial charge in [-0.15, -0.1) is 5.92 Å². The van der Waals surface area contributed by atoms with Gasteiger partial charge in [-0.3, -0.25) is 4.79 Å². The van der Waals surface area contributed by atoms with Crippen molar-refractivity contribution < 1.29 is 4.79 Å². The van der Waals surface area contributed by atoms with Crippen LogP contribution in [0.5, 0.6) is 0 Å². The molecule has 0 bridgehead atoms. The van der Waals surface area contributed by atoms with Gasteiger partial charge in [0, 0.05) is 19.0 Å². The molecular weight excluding hydrogens is 164 g/mol. The molecule has 3 heteroatoms. The van der Waals surface area contributed by atoms with E-state index in [4.69, 9.17) is 0 Å². The molecule has 0 atom stereocenters. The van der Waals surface area contributed by atoms with Gasteiger partial charge in [-0.05, 0) is 19.8 Å². The number of hydrogen-bond acceptors (Lipinski definition) is 2. The quantitative estimate of drug-likeness (QED) is 0.596. The van der Waals surface area contributed by atoms with E-state index >= 15 is 0 Å². The lowest BCUT2D eigenvalue weighted by Gasteiger charge is -2.02. The Morgan fingerprint density at radius 1 is 1.54 bits per heavy atom. The van der Waals surface area contributed by atoms with Gasteiger partial charge >= 0.3 is 0 Å². The third-order valence-corrected chi connectivity index (χ3v) is 1.91. The lowest BCUT2D eigenvalue weighted by Crippen LogP contribution is -2.28. The van der Waals surface area contributed by atoms with Crippen molar-refractivity contribution in [2.24, 2.45) is 0 Å². The van der Waals surface area contributed by atoms with Crippen LogP contribution >= 0.6 is 0 Å². The third-order valence-electron chi connectivity index (χ3n) is 1.91. The fourth-order valence-electron chi connectivity index (χ4n) is 0.997. The molecule has 0 saturated heterocycles. The van der Waals surface area contributed by atoms with Gasteiger partial charge in [0.15, 0.2) is 0 Å². The maximum absolute atomic E-state index is 11.1. The van der Waals surface area contributed by atoms with E-state index < -0.39 is 0 Å². The van der Waals surface area contributed by atoms with Crippen molar-refractivity contribution in [2.75, 3.05) is 13.1 Å². The van der Waals surface area contributed by atoms with E-state index in [0.29, 0.717) is 19.0 Å². The van der Waals surface area contributed by atoms with Crippen LogP contribution in [0, 0.1) is 11.8 Å². The van der Waals surface area contributed by atoms with Crippen molar-refractivity contribution in [2.45, 2.75) is 32.2 Å². The van der Waals surface area contributed by atoms with Crippen molar-refractivity contribution in [1.29, 1.82) is 0 Å². The number of hydrogen-bond donors (Lipinski definition) is 2. The number of carbonyl (C=O) groups excluding carboxylic acids is 1. The molecule has 0 aliphatic heterocycles. The molecule has 0 spiro atoms. The van der Waals surface area contributed by atoms with Crippen LogP contribution in [0.15, 0.2) is 0 Å². The third kappa shape index (κ3) is 5.26. The number of rotatable bonds is 5. The van der Waals surface area contributed by atoms with Crippen LogP contribution in [0.2, 0.25) is 0 Å². The summed E-state index contributed by atoms with van der Waals surface area (Å²) in [4.78, 5) is 11.1. The molecule has 1 rings (SSSR count). The van der Waals surface area contributed by atoms with Gasteiger partial charge in [0.25, 0.3) is 0 Å². The van der Waals surface area contributed by atoms with Gasteiger partial charge in [0.05, 0.1) is 6.54 Å². The van der Waals surface area contributed by atoms with Crippen molar-refractivity contribution in [1.82, 2.24) is 10.6 Å². The maximum Gasteiger partial charge on any atom is 0.222 e. The summed E-state index contributed by atoms with van der Waals surface area (Å²) in [5, 5.41) is 6.01. The molecule has 0 radical (unpaired) electrons. The minimum atomic E-state index is 0.0795. The molecule has 0 aromatic carbocycles. The maximum atomic E-state index is 11.1. The van der Waals surface area contributed by atoms with Gasteiger partial charge in [-0.2, -0.15) is 0 Å². The smallest absolute Gasteiger partial charge is 0.222 e. The van der Waals surface area contributed by atoms with E-state index in [1.165, 1.54) is 12.8 Å². The first kappa shape index (κ1) is 10.1. The van der Waals surface area contributed by atoms with E-state index in [-0.39, 0.29) is 5.91 Å². The summed E-state index contributed by atoms with van der Waals surface area (Å²) < 4.78 is 0. The summed E-state index contributed by atoms with van der Waals surface area (Å²) >= 11 is 0. The fourth-order valence-corrected chi connectivity index (χ4v) is 0.997. The second-order valence-electron chi connectivity index (χ2n) is 3.18. The van der Waals surface area contributed by atoms with Crippen LogP contribution in [-0.2, 0) is 4.79 Å². The molecule has 1 fully saturated rings. The Morgan fingerprint density at radius 2 is 2.31 bits per heavy atom. The topological polar surface area (TPSA) is 41.1 Å². The predicted molar refractivity (Wildman–Crippen MR) is 52.1 cm³/mol. The first-order chi connectivity index (χ1) is 6.33. The lowest BCUT2D eigenvalue weighted by molar-refractivity contribution is -0.120. The van der Waals surface area contributed by atoms with Gasteiger partial charge in [-0.1, -0.05) is 5.92 Å². The highest BCUT2D eigenvalue weighted by atomic mass is 16.1. The molecule has 72 valence electrons. The monoisotopic (exact) mass is 180 g/mol. The highest BCUT2D eigenvalue weighted by Crippen LogP contribution is 2.18. The van der Waals surface area contributed by atoms with Gasteiger partial charge in [0.1, 0.15) is 0 Å². The van der Waals surface area contributed by atoms with E-state index in [0.717, 1.165) is 6.54 Å². The molecule has 13 heavy (non-hydrogen) atoms. The highest BCUT2D eigenvalue weighted by molar-refractivity contribution is 5.76. The lowest BCUT2D eigenvalue weighted by atomic mass is 10.4. The minimum absolute atomic E-state index is 0.0795. The largest absolute Gasteiger partial charge is 0.345 e. The van der Waals surface area contributed by atoms with Crippen LogP contribution in [0.1, 0.15) is 26.2 Å². The summed E-state index contributed by atoms with van der Waals surface area (Å²) in [7, 11) is 0. The Hall–Kier alpha value is -1.01. The second kappa shape index (κ2) is 5.60. The molecular formula is C10H16N2O. The molecule has 1 aliphatic carbocycles. The Morgan fingerprint density at radius 3 is 2.92 bits per heavy atom. The van der Waals surface area contributed by atoms with Crippen molar-refractivity contribution >= 4 is 5.91 Å². The van der Waals surface area contributed by atoms with Gasteiger partial charge < -0.3 is 10.6 Å². The first-order valence-corrected chi connectivity index (χ1v) is 4.72. The standard InChI is InChI=1S/C10H16N2O/c1-2-3-7-12-10(13)6-8-11-9-4-5-9/h9,11H,4-8H2,1H3,(H,12,13). The van der Waals surface area contributed by atoms with Crippen molar-refractivity contribution in [3.63, 3.8) is 0 Å². The number of carbonyl (C=O) groups is 1. The second-order valence-corrected chi connectivity index (χ2v) is 3.18. The Kier molecular flexibility index (Phi) is 4.34. The molecule has 0 aromatic heterocycles. The Bertz CT molecular complexity index is 223. The molecule has 2 N–H and O–H groups in total. The molecule has 0 aromatic rings. The molecule has 1 aliphatic rings. The SMILES string of the molecule is CC#CCNC(=O)CCNC1CC1. The summed E-state index contributed by atoms with van der Waals surface area (Å²) in [6, 6.07) is 0.684. The molecule has 1 amide bonds. The van der Waals surface area contributed by atoms with Crippen LogP contribution in [0.4, 0.5) is 0 Å².